The van der Waals surface area contributed by atoms with Crippen molar-refractivity contribution >= 4 is 28.9 Å². The number of carbonyl (C=O) groups is 1. The number of carbonyl (C=O) groups excluding carboxylic acids is 1. The van der Waals surface area contributed by atoms with Gasteiger partial charge >= 0.3 is 0 Å². The lowest BCUT2D eigenvalue weighted by atomic mass is 10.1. The van der Waals surface area contributed by atoms with Crippen LogP contribution in [-0.2, 0) is 7.05 Å². The van der Waals surface area contributed by atoms with Gasteiger partial charge in [-0.05, 0) is 6.92 Å². The SMILES string of the molecule is Cc1nc(C(C)C)nc2c1c(C=O)c(Cl)n2C. The van der Waals surface area contributed by atoms with Gasteiger partial charge in [-0.3, -0.25) is 4.79 Å². The highest BCUT2D eigenvalue weighted by molar-refractivity contribution is 6.34. The van der Waals surface area contributed by atoms with Crippen LogP contribution in [0.3, 0.4) is 0 Å². The van der Waals surface area contributed by atoms with E-state index in [-0.39, 0.29) is 5.92 Å². The fourth-order valence-electron chi connectivity index (χ4n) is 1.88. The number of rotatable bonds is 2. The molecule has 0 bridgehead atoms. The van der Waals surface area contributed by atoms with E-state index in [1.54, 1.807) is 11.6 Å². The number of aldehydes is 1. The summed E-state index contributed by atoms with van der Waals surface area (Å²) in [6.45, 7) is 5.94. The molecule has 0 aliphatic rings. The van der Waals surface area contributed by atoms with Crippen LogP contribution in [0.4, 0.5) is 0 Å². The summed E-state index contributed by atoms with van der Waals surface area (Å²) >= 11 is 6.10. The highest BCUT2D eigenvalue weighted by atomic mass is 35.5. The quantitative estimate of drug-likeness (QED) is 0.771. The molecule has 2 rings (SSSR count). The van der Waals surface area contributed by atoms with Gasteiger partial charge in [0.25, 0.3) is 0 Å². The Balaban J connectivity index is 2.91. The fourth-order valence-corrected chi connectivity index (χ4v) is 2.10. The molecule has 0 spiro atoms. The van der Waals surface area contributed by atoms with Crippen LogP contribution in [0.15, 0.2) is 0 Å². The second kappa shape index (κ2) is 4.11. The average molecular weight is 252 g/mol. The Bertz CT molecular complexity index is 602. The predicted octanol–water partition coefficient (Wildman–Crippen LogP) is 2.87. The van der Waals surface area contributed by atoms with Crippen LogP contribution in [0.25, 0.3) is 11.0 Å². The molecule has 4 nitrogen and oxygen atoms in total. The van der Waals surface area contributed by atoms with Crippen LogP contribution in [0.2, 0.25) is 5.15 Å². The zero-order valence-electron chi connectivity index (χ0n) is 10.3. The average Bonchev–Trinajstić information content (AvgIpc) is 2.53. The van der Waals surface area contributed by atoms with Crippen molar-refractivity contribution < 1.29 is 4.79 Å². The summed E-state index contributed by atoms with van der Waals surface area (Å²) in [6.07, 6.45) is 0.760. The molecule has 2 aromatic rings. The lowest BCUT2D eigenvalue weighted by molar-refractivity contribution is 0.112. The Morgan fingerprint density at radius 1 is 1.35 bits per heavy atom. The molecule has 0 aromatic carbocycles. The van der Waals surface area contributed by atoms with Crippen molar-refractivity contribution in [1.29, 1.82) is 0 Å². The van der Waals surface area contributed by atoms with Crippen molar-refractivity contribution in [2.75, 3.05) is 0 Å². The largest absolute Gasteiger partial charge is 0.319 e. The highest BCUT2D eigenvalue weighted by Crippen LogP contribution is 2.29. The van der Waals surface area contributed by atoms with Crippen LogP contribution in [-0.4, -0.2) is 20.8 Å². The number of halogens is 1. The van der Waals surface area contributed by atoms with E-state index in [0.717, 1.165) is 23.2 Å². The Morgan fingerprint density at radius 3 is 2.53 bits per heavy atom. The molecular formula is C12H14ClN3O. The van der Waals surface area contributed by atoms with E-state index >= 15 is 0 Å². The Hall–Kier alpha value is -1.42. The van der Waals surface area contributed by atoms with Gasteiger partial charge in [-0.2, -0.15) is 0 Å². The first-order valence-corrected chi connectivity index (χ1v) is 5.82. The van der Waals surface area contributed by atoms with Crippen molar-refractivity contribution in [2.45, 2.75) is 26.7 Å². The standard InChI is InChI=1S/C12H14ClN3O/c1-6(2)11-14-7(3)9-8(5-17)10(13)16(4)12(9)15-11/h5-6H,1-4H3. The maximum Gasteiger partial charge on any atom is 0.153 e. The molecular weight excluding hydrogens is 238 g/mol. The number of hydrogen-bond donors (Lipinski definition) is 0. The van der Waals surface area contributed by atoms with Crippen LogP contribution in [0.1, 0.15) is 41.6 Å². The second-order valence-electron chi connectivity index (χ2n) is 4.40. The zero-order chi connectivity index (χ0) is 12.7. The molecule has 2 aromatic heterocycles. The summed E-state index contributed by atoms with van der Waals surface area (Å²) in [6, 6.07) is 0. The van der Waals surface area contributed by atoms with Gasteiger partial charge in [0.1, 0.15) is 16.6 Å². The van der Waals surface area contributed by atoms with Gasteiger partial charge < -0.3 is 4.57 Å². The van der Waals surface area contributed by atoms with Crippen LogP contribution in [0, 0.1) is 6.92 Å². The summed E-state index contributed by atoms with van der Waals surface area (Å²) in [5, 5.41) is 1.16. The smallest absolute Gasteiger partial charge is 0.153 e. The number of hydrogen-bond acceptors (Lipinski definition) is 3. The molecule has 0 N–H and O–H groups in total. The number of fused-ring (bicyclic) bond motifs is 1. The molecule has 0 atom stereocenters. The Labute approximate surface area is 105 Å². The lowest BCUT2D eigenvalue weighted by Crippen LogP contribution is -2.02. The monoisotopic (exact) mass is 251 g/mol. The number of aromatic nitrogens is 3. The molecule has 0 amide bonds. The van der Waals surface area contributed by atoms with E-state index in [4.69, 9.17) is 11.6 Å². The third-order valence-electron chi connectivity index (χ3n) is 2.83. The third-order valence-corrected chi connectivity index (χ3v) is 3.28. The summed E-state index contributed by atoms with van der Waals surface area (Å²) < 4.78 is 1.72. The molecule has 0 aliphatic heterocycles. The van der Waals surface area contributed by atoms with Crippen LogP contribution < -0.4 is 0 Å². The van der Waals surface area contributed by atoms with Gasteiger partial charge in [-0.15, -0.1) is 0 Å². The van der Waals surface area contributed by atoms with Crippen LogP contribution >= 0.6 is 11.6 Å². The maximum atomic E-state index is 11.1. The van der Waals surface area contributed by atoms with Crippen molar-refractivity contribution in [3.8, 4) is 0 Å². The summed E-state index contributed by atoms with van der Waals surface area (Å²) in [4.78, 5) is 20.0. The minimum absolute atomic E-state index is 0.242. The van der Waals surface area contributed by atoms with Crippen molar-refractivity contribution in [1.82, 2.24) is 14.5 Å². The second-order valence-corrected chi connectivity index (χ2v) is 4.76. The van der Waals surface area contributed by atoms with Gasteiger partial charge in [0.15, 0.2) is 6.29 Å². The van der Waals surface area contributed by atoms with E-state index in [9.17, 15) is 4.79 Å². The first-order valence-electron chi connectivity index (χ1n) is 5.45. The van der Waals surface area contributed by atoms with Gasteiger partial charge in [0, 0.05) is 13.0 Å². The summed E-state index contributed by atoms with van der Waals surface area (Å²) in [7, 11) is 1.80. The molecule has 2 heterocycles. The molecule has 0 fully saturated rings. The zero-order valence-corrected chi connectivity index (χ0v) is 11.0. The normalized spacial score (nSPS) is 11.4. The Kier molecular flexibility index (Phi) is 2.91. The topological polar surface area (TPSA) is 47.8 Å². The predicted molar refractivity (Wildman–Crippen MR) is 67.7 cm³/mol. The molecule has 0 aliphatic carbocycles. The lowest BCUT2D eigenvalue weighted by Gasteiger charge is -2.06. The van der Waals surface area contributed by atoms with Gasteiger partial charge in [0.05, 0.1) is 16.6 Å². The molecule has 0 saturated carbocycles. The van der Waals surface area contributed by atoms with Gasteiger partial charge in [-0.25, -0.2) is 9.97 Å². The van der Waals surface area contributed by atoms with Gasteiger partial charge in [0.2, 0.25) is 0 Å². The highest BCUT2D eigenvalue weighted by Gasteiger charge is 2.18. The first kappa shape index (κ1) is 12.0. The molecule has 5 heteroatoms. The van der Waals surface area contributed by atoms with E-state index in [1.807, 2.05) is 20.8 Å². The maximum absolute atomic E-state index is 11.1. The number of nitrogens with zero attached hydrogens (tertiary/aromatic N) is 3. The van der Waals surface area contributed by atoms with Crippen molar-refractivity contribution in [3.05, 3.63) is 22.2 Å². The van der Waals surface area contributed by atoms with E-state index < -0.39 is 0 Å². The Morgan fingerprint density at radius 2 is 2.00 bits per heavy atom. The molecule has 0 unspecified atom stereocenters. The van der Waals surface area contributed by atoms with E-state index in [1.165, 1.54) is 0 Å². The number of aryl methyl sites for hydroxylation is 2. The molecule has 90 valence electrons. The minimum Gasteiger partial charge on any atom is -0.319 e. The third kappa shape index (κ3) is 1.72. The molecule has 0 radical (unpaired) electrons. The first-order chi connectivity index (χ1) is 7.97. The van der Waals surface area contributed by atoms with E-state index in [0.29, 0.717) is 16.4 Å². The molecule has 17 heavy (non-hydrogen) atoms. The van der Waals surface area contributed by atoms with E-state index in [2.05, 4.69) is 9.97 Å². The van der Waals surface area contributed by atoms with Crippen molar-refractivity contribution in [3.63, 3.8) is 0 Å². The fraction of sp³-hybridized carbons (Fsp3) is 0.417. The molecule has 0 saturated heterocycles. The minimum atomic E-state index is 0.242. The summed E-state index contributed by atoms with van der Waals surface area (Å²) in [5.41, 5.74) is 1.98. The van der Waals surface area contributed by atoms with Crippen LogP contribution in [0.5, 0.6) is 0 Å². The van der Waals surface area contributed by atoms with Gasteiger partial charge in [-0.1, -0.05) is 25.4 Å². The van der Waals surface area contributed by atoms with Crippen molar-refractivity contribution in [2.24, 2.45) is 7.05 Å². The summed E-state index contributed by atoms with van der Waals surface area (Å²) in [5.74, 6) is 1.01.